The number of nitrogens with zero attached hydrogens (tertiary/aromatic N) is 1. The summed E-state index contributed by atoms with van der Waals surface area (Å²) in [6.07, 6.45) is 0. The topological polar surface area (TPSA) is 20.3 Å². The molecule has 2 aromatic rings. The van der Waals surface area contributed by atoms with Crippen LogP contribution in [0.3, 0.4) is 0 Å². The predicted octanol–water partition coefficient (Wildman–Crippen LogP) is 5.07. The highest BCUT2D eigenvalue weighted by atomic mass is 79.9. The molecule has 0 aliphatic heterocycles. The number of rotatable bonds is 4. The second-order valence-corrected chi connectivity index (χ2v) is 6.14. The quantitative estimate of drug-likeness (QED) is 0.739. The molecule has 0 atom stereocenters. The Morgan fingerprint density at radius 2 is 1.95 bits per heavy atom. The second-order valence-electron chi connectivity index (χ2n) is 4.87. The second kappa shape index (κ2) is 7.10. The minimum absolute atomic E-state index is 0.0121. The van der Waals surface area contributed by atoms with Crippen molar-refractivity contribution in [2.75, 3.05) is 6.54 Å². The largest absolute Gasteiger partial charge is 0.335 e. The zero-order valence-corrected chi connectivity index (χ0v) is 14.4. The van der Waals surface area contributed by atoms with Gasteiger partial charge in [0.25, 0.3) is 5.91 Å². The molecule has 0 fully saturated rings. The first-order valence-corrected chi connectivity index (χ1v) is 7.99. The van der Waals surface area contributed by atoms with Crippen LogP contribution in [0, 0.1) is 6.92 Å². The monoisotopic (exact) mass is 365 g/mol. The molecule has 2 nitrogen and oxygen atoms in total. The van der Waals surface area contributed by atoms with Crippen LogP contribution in [0.2, 0.25) is 5.02 Å². The Balaban J connectivity index is 2.22. The van der Waals surface area contributed by atoms with Crippen LogP contribution >= 0.6 is 27.5 Å². The lowest BCUT2D eigenvalue weighted by molar-refractivity contribution is 0.0752. The number of amides is 1. The van der Waals surface area contributed by atoms with Crippen molar-refractivity contribution in [3.63, 3.8) is 0 Å². The molecule has 0 aromatic heterocycles. The average molecular weight is 367 g/mol. The molecule has 0 N–H and O–H groups in total. The van der Waals surface area contributed by atoms with E-state index < -0.39 is 0 Å². The number of halogens is 2. The van der Waals surface area contributed by atoms with Gasteiger partial charge in [-0.1, -0.05) is 51.8 Å². The Bertz CT molecular complexity index is 657. The fourth-order valence-electron chi connectivity index (χ4n) is 2.07. The summed E-state index contributed by atoms with van der Waals surface area (Å²) < 4.78 is 0.946. The number of hydrogen-bond acceptors (Lipinski definition) is 1. The summed E-state index contributed by atoms with van der Waals surface area (Å²) in [5.41, 5.74) is 2.75. The van der Waals surface area contributed by atoms with Crippen LogP contribution in [0.5, 0.6) is 0 Å². The molecule has 0 bridgehead atoms. The Morgan fingerprint density at radius 3 is 2.57 bits per heavy atom. The molecule has 0 radical (unpaired) electrons. The number of carbonyl (C=O) groups is 1. The maximum atomic E-state index is 12.6. The minimum atomic E-state index is 0.0121. The lowest BCUT2D eigenvalue weighted by atomic mass is 10.1. The number of carbonyl (C=O) groups excluding carboxylic acids is 1. The van der Waals surface area contributed by atoms with Gasteiger partial charge in [-0.2, -0.15) is 0 Å². The molecule has 1 amide bonds. The summed E-state index contributed by atoms with van der Waals surface area (Å²) in [6, 6.07) is 13.3. The standard InChI is InChI=1S/C17H17BrClNO/c1-3-20(11-14-6-4-5-7-16(14)19)17(21)13-9-8-12(2)15(18)10-13/h4-10H,3,11H2,1-2H3. The molecule has 0 unspecified atom stereocenters. The summed E-state index contributed by atoms with van der Waals surface area (Å²) in [5.74, 6) is 0.0121. The van der Waals surface area contributed by atoms with Crippen molar-refractivity contribution in [1.82, 2.24) is 4.90 Å². The maximum Gasteiger partial charge on any atom is 0.254 e. The molecular formula is C17H17BrClNO. The van der Waals surface area contributed by atoms with Gasteiger partial charge in [-0.05, 0) is 43.2 Å². The molecule has 0 aliphatic carbocycles. The first-order chi connectivity index (χ1) is 10.0. The van der Waals surface area contributed by atoms with Gasteiger partial charge in [-0.3, -0.25) is 4.79 Å². The molecule has 2 rings (SSSR count). The van der Waals surface area contributed by atoms with Gasteiger partial charge < -0.3 is 4.90 Å². The molecule has 2 aromatic carbocycles. The van der Waals surface area contributed by atoms with Gasteiger partial charge in [-0.15, -0.1) is 0 Å². The Kier molecular flexibility index (Phi) is 5.43. The first kappa shape index (κ1) is 16.1. The smallest absolute Gasteiger partial charge is 0.254 e. The van der Waals surface area contributed by atoms with Gasteiger partial charge in [0.05, 0.1) is 0 Å². The number of benzene rings is 2. The Labute approximate surface area is 138 Å². The number of aryl methyl sites for hydroxylation is 1. The van der Waals surface area contributed by atoms with E-state index in [1.54, 1.807) is 4.90 Å². The molecule has 0 saturated carbocycles. The normalized spacial score (nSPS) is 10.5. The summed E-state index contributed by atoms with van der Waals surface area (Å²) in [7, 11) is 0. The molecule has 110 valence electrons. The highest BCUT2D eigenvalue weighted by molar-refractivity contribution is 9.10. The van der Waals surface area contributed by atoms with Crippen molar-refractivity contribution >= 4 is 33.4 Å². The van der Waals surface area contributed by atoms with Crippen molar-refractivity contribution in [1.29, 1.82) is 0 Å². The Hall–Kier alpha value is -1.32. The third kappa shape index (κ3) is 3.86. The third-order valence-corrected chi connectivity index (χ3v) is 4.63. The molecule has 0 saturated heterocycles. The van der Waals surface area contributed by atoms with Gasteiger partial charge in [0.1, 0.15) is 0 Å². The molecule has 21 heavy (non-hydrogen) atoms. The zero-order chi connectivity index (χ0) is 15.4. The van der Waals surface area contributed by atoms with E-state index in [2.05, 4.69) is 15.9 Å². The van der Waals surface area contributed by atoms with Crippen LogP contribution in [0.25, 0.3) is 0 Å². The van der Waals surface area contributed by atoms with Gasteiger partial charge in [0, 0.05) is 28.1 Å². The van der Waals surface area contributed by atoms with E-state index in [1.165, 1.54) is 0 Å². The lowest BCUT2D eigenvalue weighted by Gasteiger charge is -2.22. The molecule has 0 aliphatic rings. The highest BCUT2D eigenvalue weighted by Crippen LogP contribution is 2.21. The van der Waals surface area contributed by atoms with E-state index in [4.69, 9.17) is 11.6 Å². The van der Waals surface area contributed by atoms with Crippen LogP contribution in [0.15, 0.2) is 46.9 Å². The van der Waals surface area contributed by atoms with Gasteiger partial charge in [0.2, 0.25) is 0 Å². The van der Waals surface area contributed by atoms with Crippen molar-refractivity contribution in [2.45, 2.75) is 20.4 Å². The molecular weight excluding hydrogens is 350 g/mol. The van der Waals surface area contributed by atoms with E-state index in [-0.39, 0.29) is 5.91 Å². The minimum Gasteiger partial charge on any atom is -0.335 e. The summed E-state index contributed by atoms with van der Waals surface area (Å²) in [5, 5.41) is 0.689. The van der Waals surface area contributed by atoms with Crippen LogP contribution < -0.4 is 0 Å². The lowest BCUT2D eigenvalue weighted by Crippen LogP contribution is -2.30. The van der Waals surface area contributed by atoms with Gasteiger partial charge >= 0.3 is 0 Å². The summed E-state index contributed by atoms with van der Waals surface area (Å²) in [4.78, 5) is 14.4. The summed E-state index contributed by atoms with van der Waals surface area (Å²) in [6.45, 7) is 5.12. The van der Waals surface area contributed by atoms with E-state index in [0.29, 0.717) is 23.7 Å². The molecule has 0 spiro atoms. The van der Waals surface area contributed by atoms with E-state index in [0.717, 1.165) is 15.6 Å². The zero-order valence-electron chi connectivity index (χ0n) is 12.1. The van der Waals surface area contributed by atoms with Crippen LogP contribution in [0.1, 0.15) is 28.4 Å². The van der Waals surface area contributed by atoms with Crippen molar-refractivity contribution in [3.05, 3.63) is 68.7 Å². The van der Waals surface area contributed by atoms with Crippen LogP contribution in [0.4, 0.5) is 0 Å². The van der Waals surface area contributed by atoms with E-state index in [1.807, 2.05) is 56.3 Å². The maximum absolute atomic E-state index is 12.6. The van der Waals surface area contributed by atoms with E-state index >= 15 is 0 Å². The molecule has 0 heterocycles. The van der Waals surface area contributed by atoms with Crippen molar-refractivity contribution < 1.29 is 4.79 Å². The fourth-order valence-corrected chi connectivity index (χ4v) is 2.64. The summed E-state index contributed by atoms with van der Waals surface area (Å²) >= 11 is 9.65. The van der Waals surface area contributed by atoms with E-state index in [9.17, 15) is 4.79 Å². The van der Waals surface area contributed by atoms with Crippen molar-refractivity contribution in [2.24, 2.45) is 0 Å². The van der Waals surface area contributed by atoms with Gasteiger partial charge in [0.15, 0.2) is 0 Å². The Morgan fingerprint density at radius 1 is 1.24 bits per heavy atom. The van der Waals surface area contributed by atoms with Crippen LogP contribution in [-0.4, -0.2) is 17.4 Å². The fraction of sp³-hybridized carbons (Fsp3) is 0.235. The third-order valence-electron chi connectivity index (χ3n) is 3.41. The number of hydrogen-bond donors (Lipinski definition) is 0. The molecule has 4 heteroatoms. The SMILES string of the molecule is CCN(Cc1ccccc1Cl)C(=O)c1ccc(C)c(Br)c1. The average Bonchev–Trinajstić information content (AvgIpc) is 2.48. The predicted molar refractivity (Wildman–Crippen MR) is 90.7 cm³/mol. The first-order valence-electron chi connectivity index (χ1n) is 6.81. The highest BCUT2D eigenvalue weighted by Gasteiger charge is 2.16. The van der Waals surface area contributed by atoms with Gasteiger partial charge in [-0.25, -0.2) is 0 Å². The van der Waals surface area contributed by atoms with Crippen molar-refractivity contribution in [3.8, 4) is 0 Å². The van der Waals surface area contributed by atoms with Crippen LogP contribution in [-0.2, 0) is 6.54 Å².